The smallest absolute Gasteiger partial charge is 0.224 e. The van der Waals surface area contributed by atoms with E-state index in [9.17, 15) is 0 Å². The molecule has 0 saturated carbocycles. The van der Waals surface area contributed by atoms with Gasteiger partial charge in [-0.15, -0.1) is 0 Å². The molecule has 19 heavy (non-hydrogen) atoms. The number of aromatic nitrogens is 1. The van der Waals surface area contributed by atoms with Gasteiger partial charge < -0.3 is 10.1 Å². The number of hydrogen-bond donors (Lipinski definition) is 1. The average molecular weight is 368 g/mol. The number of nitrogens with zero attached hydrogens (tertiary/aromatic N) is 1. The summed E-state index contributed by atoms with van der Waals surface area (Å²) >= 11 is 2.27. The van der Waals surface area contributed by atoms with E-state index in [-0.39, 0.29) is 0 Å². The summed E-state index contributed by atoms with van der Waals surface area (Å²) < 4.78 is 7.10. The third kappa shape index (κ3) is 3.67. The number of benzene rings is 1. The van der Waals surface area contributed by atoms with Crippen LogP contribution in [-0.2, 0) is 6.54 Å². The van der Waals surface area contributed by atoms with Gasteiger partial charge in [0, 0.05) is 21.4 Å². The van der Waals surface area contributed by atoms with E-state index in [0.29, 0.717) is 5.88 Å². The molecule has 1 aromatic heterocycles. The van der Waals surface area contributed by atoms with Crippen molar-refractivity contribution >= 4 is 22.6 Å². The van der Waals surface area contributed by atoms with Crippen LogP contribution in [0.3, 0.4) is 0 Å². The lowest BCUT2D eigenvalue weighted by atomic mass is 10.1. The Kier molecular flexibility index (Phi) is 4.76. The molecular weight excluding hydrogens is 351 g/mol. The second-order valence-corrected chi connectivity index (χ2v) is 5.70. The Morgan fingerprint density at radius 1 is 1.26 bits per heavy atom. The Labute approximate surface area is 127 Å². The van der Waals surface area contributed by atoms with Gasteiger partial charge in [0.25, 0.3) is 0 Å². The summed E-state index contributed by atoms with van der Waals surface area (Å²) in [6, 6.07) is 10.1. The van der Waals surface area contributed by atoms with Crippen molar-refractivity contribution in [3.05, 3.63) is 50.7 Å². The Hall–Kier alpha value is -1.14. The van der Waals surface area contributed by atoms with Gasteiger partial charge in [-0.3, -0.25) is 0 Å². The number of pyridine rings is 1. The summed E-state index contributed by atoms with van der Waals surface area (Å²) in [6.45, 7) is 4.82. The standard InChI is InChI=1S/C15H17IN2O/c1-10-7-11(2)18-15(14(10)9-17-3)19-13-6-4-5-12(16)8-13/h4-8,17H,9H2,1-3H3. The molecule has 4 heteroatoms. The van der Waals surface area contributed by atoms with Crippen LogP contribution < -0.4 is 10.1 Å². The van der Waals surface area contributed by atoms with Crippen molar-refractivity contribution in [2.24, 2.45) is 0 Å². The van der Waals surface area contributed by atoms with Gasteiger partial charge in [-0.05, 0) is 73.3 Å². The highest BCUT2D eigenvalue weighted by molar-refractivity contribution is 14.1. The zero-order valence-corrected chi connectivity index (χ0v) is 13.5. The fraction of sp³-hybridized carbons (Fsp3) is 0.267. The number of aryl methyl sites for hydroxylation is 2. The highest BCUT2D eigenvalue weighted by atomic mass is 127. The molecule has 1 N–H and O–H groups in total. The van der Waals surface area contributed by atoms with Crippen LogP contribution in [0, 0.1) is 17.4 Å². The molecule has 0 atom stereocenters. The Morgan fingerprint density at radius 3 is 2.74 bits per heavy atom. The molecule has 1 heterocycles. The molecule has 0 saturated heterocycles. The predicted octanol–water partition coefficient (Wildman–Crippen LogP) is 3.81. The van der Waals surface area contributed by atoms with Crippen molar-refractivity contribution < 1.29 is 4.74 Å². The SMILES string of the molecule is CNCc1c(C)cc(C)nc1Oc1cccc(I)c1. The maximum atomic E-state index is 5.95. The van der Waals surface area contributed by atoms with Gasteiger partial charge in [-0.1, -0.05) is 6.07 Å². The van der Waals surface area contributed by atoms with Gasteiger partial charge in [-0.2, -0.15) is 0 Å². The minimum Gasteiger partial charge on any atom is -0.439 e. The van der Waals surface area contributed by atoms with Gasteiger partial charge in [0.15, 0.2) is 0 Å². The van der Waals surface area contributed by atoms with E-state index in [1.165, 1.54) is 5.56 Å². The van der Waals surface area contributed by atoms with Crippen molar-refractivity contribution in [3.8, 4) is 11.6 Å². The normalized spacial score (nSPS) is 10.5. The summed E-state index contributed by atoms with van der Waals surface area (Å²) in [5, 5.41) is 3.16. The molecule has 0 aliphatic carbocycles. The van der Waals surface area contributed by atoms with E-state index >= 15 is 0 Å². The first-order chi connectivity index (χ1) is 9.10. The van der Waals surface area contributed by atoms with Crippen LogP contribution >= 0.6 is 22.6 Å². The third-order valence-electron chi connectivity index (χ3n) is 2.80. The number of hydrogen-bond acceptors (Lipinski definition) is 3. The number of ether oxygens (including phenoxy) is 1. The largest absolute Gasteiger partial charge is 0.439 e. The van der Waals surface area contributed by atoms with Crippen molar-refractivity contribution in [2.45, 2.75) is 20.4 Å². The molecule has 3 nitrogen and oxygen atoms in total. The fourth-order valence-electron chi connectivity index (χ4n) is 1.95. The van der Waals surface area contributed by atoms with Crippen molar-refractivity contribution in [1.82, 2.24) is 10.3 Å². The van der Waals surface area contributed by atoms with E-state index < -0.39 is 0 Å². The number of nitrogens with one attached hydrogen (secondary N) is 1. The minimum absolute atomic E-state index is 0.689. The summed E-state index contributed by atoms with van der Waals surface area (Å²) in [7, 11) is 1.93. The monoisotopic (exact) mass is 368 g/mol. The van der Waals surface area contributed by atoms with Gasteiger partial charge in [0.2, 0.25) is 5.88 Å². The van der Waals surface area contributed by atoms with Crippen molar-refractivity contribution in [3.63, 3.8) is 0 Å². The van der Waals surface area contributed by atoms with E-state index in [4.69, 9.17) is 4.74 Å². The second-order valence-electron chi connectivity index (χ2n) is 4.45. The minimum atomic E-state index is 0.689. The van der Waals surface area contributed by atoms with E-state index in [1.807, 2.05) is 38.2 Å². The van der Waals surface area contributed by atoms with E-state index in [1.54, 1.807) is 0 Å². The lowest BCUT2D eigenvalue weighted by Gasteiger charge is -2.13. The lowest BCUT2D eigenvalue weighted by Crippen LogP contribution is -2.09. The number of halogens is 1. The highest BCUT2D eigenvalue weighted by Gasteiger charge is 2.10. The molecule has 0 bridgehead atoms. The first-order valence-electron chi connectivity index (χ1n) is 6.15. The number of rotatable bonds is 4. The molecule has 0 fully saturated rings. The summed E-state index contributed by atoms with van der Waals surface area (Å²) in [5.74, 6) is 1.51. The Balaban J connectivity index is 2.38. The molecule has 100 valence electrons. The van der Waals surface area contributed by atoms with Crippen molar-refractivity contribution in [2.75, 3.05) is 7.05 Å². The van der Waals surface area contributed by atoms with Gasteiger partial charge in [0.1, 0.15) is 5.75 Å². The van der Waals surface area contributed by atoms with E-state index in [0.717, 1.165) is 27.1 Å². The van der Waals surface area contributed by atoms with Crippen LogP contribution in [0.15, 0.2) is 30.3 Å². The molecule has 0 aliphatic rings. The molecule has 0 radical (unpaired) electrons. The Morgan fingerprint density at radius 2 is 2.05 bits per heavy atom. The molecule has 0 amide bonds. The van der Waals surface area contributed by atoms with Crippen LogP contribution in [0.4, 0.5) is 0 Å². The summed E-state index contributed by atoms with van der Waals surface area (Å²) in [4.78, 5) is 4.51. The van der Waals surface area contributed by atoms with Crippen LogP contribution in [0.25, 0.3) is 0 Å². The quantitative estimate of drug-likeness (QED) is 0.834. The lowest BCUT2D eigenvalue weighted by molar-refractivity contribution is 0.452. The predicted molar refractivity (Wildman–Crippen MR) is 85.7 cm³/mol. The van der Waals surface area contributed by atoms with Crippen LogP contribution in [0.2, 0.25) is 0 Å². The third-order valence-corrected chi connectivity index (χ3v) is 3.47. The summed E-state index contributed by atoms with van der Waals surface area (Å²) in [6.07, 6.45) is 0. The van der Waals surface area contributed by atoms with Gasteiger partial charge >= 0.3 is 0 Å². The van der Waals surface area contributed by atoms with Gasteiger partial charge in [0.05, 0.1) is 0 Å². The first kappa shape index (κ1) is 14.3. The molecule has 1 aromatic carbocycles. The van der Waals surface area contributed by atoms with Crippen LogP contribution in [-0.4, -0.2) is 12.0 Å². The molecule has 2 aromatic rings. The van der Waals surface area contributed by atoms with E-state index in [2.05, 4.69) is 45.9 Å². The van der Waals surface area contributed by atoms with Gasteiger partial charge in [-0.25, -0.2) is 4.98 Å². The topological polar surface area (TPSA) is 34.2 Å². The first-order valence-corrected chi connectivity index (χ1v) is 7.23. The van der Waals surface area contributed by atoms with Crippen LogP contribution in [0.5, 0.6) is 11.6 Å². The maximum absolute atomic E-state index is 5.95. The van der Waals surface area contributed by atoms with Crippen LogP contribution in [0.1, 0.15) is 16.8 Å². The average Bonchev–Trinajstić information content (AvgIpc) is 2.33. The molecular formula is C15H17IN2O. The Bertz CT molecular complexity index is 584. The molecule has 2 rings (SSSR count). The molecule has 0 aliphatic heterocycles. The maximum Gasteiger partial charge on any atom is 0.224 e. The second kappa shape index (κ2) is 6.34. The fourth-order valence-corrected chi connectivity index (χ4v) is 2.46. The summed E-state index contributed by atoms with van der Waals surface area (Å²) in [5.41, 5.74) is 3.27. The zero-order chi connectivity index (χ0) is 13.8. The zero-order valence-electron chi connectivity index (χ0n) is 11.3. The molecule has 0 unspecified atom stereocenters. The van der Waals surface area contributed by atoms with Crippen molar-refractivity contribution in [1.29, 1.82) is 0 Å². The highest BCUT2D eigenvalue weighted by Crippen LogP contribution is 2.27. The molecule has 0 spiro atoms.